The van der Waals surface area contributed by atoms with Crippen molar-refractivity contribution in [2.75, 3.05) is 0 Å². The van der Waals surface area contributed by atoms with Crippen molar-refractivity contribution in [1.82, 2.24) is 5.43 Å². The topological polar surface area (TPSA) is 38.0 Å². The van der Waals surface area contributed by atoms with Gasteiger partial charge in [0.1, 0.15) is 0 Å². The zero-order valence-electron chi connectivity index (χ0n) is 9.45. The quantitative estimate of drug-likeness (QED) is 0.495. The van der Waals surface area contributed by atoms with E-state index in [0.717, 1.165) is 12.3 Å². The molecule has 0 aliphatic heterocycles. The van der Waals surface area contributed by atoms with Crippen molar-refractivity contribution in [1.29, 1.82) is 0 Å². The molecule has 1 aromatic rings. The first kappa shape index (κ1) is 12.3. The monoisotopic (exact) mass is 330 g/mol. The molecule has 1 unspecified atom stereocenters. The lowest BCUT2D eigenvalue weighted by atomic mass is 9.80. The van der Waals surface area contributed by atoms with Crippen LogP contribution >= 0.6 is 22.6 Å². The molecule has 16 heavy (non-hydrogen) atoms. The zero-order chi connectivity index (χ0) is 11.4. The number of hydrogen-bond acceptors (Lipinski definition) is 2. The largest absolute Gasteiger partial charge is 0.271 e. The molecule has 0 saturated heterocycles. The standard InChI is InChI=1S/C13H19IN2/c14-12-6-4-11(5-7-12)9-13(16-15)8-10-2-1-3-10/h4-7,10,13,16H,1-3,8-9,15H2. The Labute approximate surface area is 111 Å². The Morgan fingerprint density at radius 3 is 2.50 bits per heavy atom. The van der Waals surface area contributed by atoms with Gasteiger partial charge in [-0.1, -0.05) is 31.4 Å². The number of halogens is 1. The van der Waals surface area contributed by atoms with E-state index in [1.807, 2.05) is 0 Å². The van der Waals surface area contributed by atoms with Crippen LogP contribution in [0, 0.1) is 9.49 Å². The molecule has 3 N–H and O–H groups in total. The molecule has 0 aromatic heterocycles. The molecule has 3 heteroatoms. The number of rotatable bonds is 5. The minimum atomic E-state index is 0.436. The molecule has 1 fully saturated rings. The first-order valence-electron chi connectivity index (χ1n) is 5.98. The molecule has 1 atom stereocenters. The van der Waals surface area contributed by atoms with Gasteiger partial charge in [-0.15, -0.1) is 0 Å². The predicted molar refractivity (Wildman–Crippen MR) is 75.9 cm³/mol. The third-order valence-corrected chi connectivity index (χ3v) is 4.19. The van der Waals surface area contributed by atoms with Crippen molar-refractivity contribution >= 4 is 22.6 Å². The lowest BCUT2D eigenvalue weighted by Crippen LogP contribution is -2.39. The fourth-order valence-electron chi connectivity index (χ4n) is 2.25. The van der Waals surface area contributed by atoms with E-state index >= 15 is 0 Å². The van der Waals surface area contributed by atoms with Crippen molar-refractivity contribution in [3.63, 3.8) is 0 Å². The fourth-order valence-corrected chi connectivity index (χ4v) is 2.61. The fraction of sp³-hybridized carbons (Fsp3) is 0.538. The summed E-state index contributed by atoms with van der Waals surface area (Å²) in [7, 11) is 0. The van der Waals surface area contributed by atoms with Gasteiger partial charge in [0.2, 0.25) is 0 Å². The molecule has 1 aromatic carbocycles. The Morgan fingerprint density at radius 2 is 2.00 bits per heavy atom. The molecule has 0 heterocycles. The maximum Gasteiger partial charge on any atom is 0.0253 e. The minimum absolute atomic E-state index is 0.436. The lowest BCUT2D eigenvalue weighted by Gasteiger charge is -2.29. The smallest absolute Gasteiger partial charge is 0.0253 e. The summed E-state index contributed by atoms with van der Waals surface area (Å²) in [4.78, 5) is 0. The molecule has 2 nitrogen and oxygen atoms in total. The van der Waals surface area contributed by atoms with E-state index in [4.69, 9.17) is 5.84 Å². The molecule has 88 valence electrons. The number of hydrogen-bond donors (Lipinski definition) is 2. The van der Waals surface area contributed by atoms with Crippen LogP contribution in [0.2, 0.25) is 0 Å². The van der Waals surface area contributed by atoms with E-state index in [9.17, 15) is 0 Å². The lowest BCUT2D eigenvalue weighted by molar-refractivity contribution is 0.259. The van der Waals surface area contributed by atoms with Gasteiger partial charge in [-0.05, 0) is 59.0 Å². The van der Waals surface area contributed by atoms with E-state index in [0.29, 0.717) is 6.04 Å². The summed E-state index contributed by atoms with van der Waals surface area (Å²) in [6, 6.07) is 9.16. The summed E-state index contributed by atoms with van der Waals surface area (Å²) in [5.41, 5.74) is 4.34. The molecule has 1 aliphatic rings. The molecule has 0 radical (unpaired) electrons. The van der Waals surface area contributed by atoms with E-state index in [1.165, 1.54) is 34.8 Å². The molecule has 1 saturated carbocycles. The van der Waals surface area contributed by atoms with E-state index < -0.39 is 0 Å². The second-order valence-electron chi connectivity index (χ2n) is 4.73. The first-order chi connectivity index (χ1) is 7.78. The number of nitrogens with two attached hydrogens (primary N) is 1. The summed E-state index contributed by atoms with van der Waals surface area (Å²) in [5.74, 6) is 6.53. The maximum atomic E-state index is 5.63. The highest BCUT2D eigenvalue weighted by Gasteiger charge is 2.21. The maximum absolute atomic E-state index is 5.63. The van der Waals surface area contributed by atoms with Gasteiger partial charge >= 0.3 is 0 Å². The summed E-state index contributed by atoms with van der Waals surface area (Å²) in [6.45, 7) is 0. The highest BCUT2D eigenvalue weighted by atomic mass is 127. The van der Waals surface area contributed by atoms with E-state index in [-0.39, 0.29) is 0 Å². The van der Waals surface area contributed by atoms with Crippen LogP contribution in [0.15, 0.2) is 24.3 Å². The second kappa shape index (κ2) is 5.98. The second-order valence-corrected chi connectivity index (χ2v) is 5.97. The summed E-state index contributed by atoms with van der Waals surface area (Å²) in [5, 5.41) is 0. The average molecular weight is 330 g/mol. The van der Waals surface area contributed by atoms with Gasteiger partial charge in [-0.25, -0.2) is 0 Å². The van der Waals surface area contributed by atoms with Crippen molar-refractivity contribution < 1.29 is 0 Å². The molecule has 0 bridgehead atoms. The van der Waals surface area contributed by atoms with Crippen LogP contribution in [0.3, 0.4) is 0 Å². The van der Waals surface area contributed by atoms with Gasteiger partial charge in [0, 0.05) is 9.61 Å². The van der Waals surface area contributed by atoms with Crippen molar-refractivity contribution in [2.24, 2.45) is 11.8 Å². The molecule has 1 aliphatic carbocycles. The van der Waals surface area contributed by atoms with Crippen molar-refractivity contribution in [3.05, 3.63) is 33.4 Å². The van der Waals surface area contributed by atoms with Gasteiger partial charge in [0.25, 0.3) is 0 Å². The third kappa shape index (κ3) is 3.43. The Bertz CT molecular complexity index is 319. The zero-order valence-corrected chi connectivity index (χ0v) is 11.6. The van der Waals surface area contributed by atoms with Crippen LogP contribution in [0.4, 0.5) is 0 Å². The van der Waals surface area contributed by atoms with Crippen LogP contribution in [0.1, 0.15) is 31.2 Å². The molecule has 0 spiro atoms. The van der Waals surface area contributed by atoms with Crippen LogP contribution < -0.4 is 11.3 Å². The minimum Gasteiger partial charge on any atom is -0.271 e. The Balaban J connectivity index is 1.87. The summed E-state index contributed by atoms with van der Waals surface area (Å²) >= 11 is 2.33. The third-order valence-electron chi connectivity index (χ3n) is 3.47. The van der Waals surface area contributed by atoms with Gasteiger partial charge in [-0.3, -0.25) is 11.3 Å². The van der Waals surface area contributed by atoms with Crippen LogP contribution in [0.25, 0.3) is 0 Å². The number of nitrogens with one attached hydrogen (secondary N) is 1. The predicted octanol–water partition coefficient (Wildman–Crippen LogP) is 2.86. The van der Waals surface area contributed by atoms with E-state index in [2.05, 4.69) is 52.3 Å². The summed E-state index contributed by atoms with van der Waals surface area (Å²) in [6.07, 6.45) is 6.47. The first-order valence-corrected chi connectivity index (χ1v) is 7.06. The highest BCUT2D eigenvalue weighted by Crippen LogP contribution is 2.30. The number of benzene rings is 1. The van der Waals surface area contributed by atoms with Gasteiger partial charge in [0.05, 0.1) is 0 Å². The average Bonchev–Trinajstić information content (AvgIpc) is 2.24. The molecular weight excluding hydrogens is 311 g/mol. The van der Waals surface area contributed by atoms with Gasteiger partial charge in [0.15, 0.2) is 0 Å². The molecular formula is C13H19IN2. The Morgan fingerprint density at radius 1 is 1.31 bits per heavy atom. The number of hydrazine groups is 1. The molecule has 0 amide bonds. The van der Waals surface area contributed by atoms with Crippen LogP contribution in [-0.4, -0.2) is 6.04 Å². The van der Waals surface area contributed by atoms with Crippen LogP contribution in [0.5, 0.6) is 0 Å². The summed E-state index contributed by atoms with van der Waals surface area (Å²) < 4.78 is 1.29. The Kier molecular flexibility index (Phi) is 4.61. The van der Waals surface area contributed by atoms with Crippen molar-refractivity contribution in [2.45, 2.75) is 38.1 Å². The highest BCUT2D eigenvalue weighted by molar-refractivity contribution is 14.1. The van der Waals surface area contributed by atoms with Gasteiger partial charge in [-0.2, -0.15) is 0 Å². The molecule has 2 rings (SSSR count). The Hall–Kier alpha value is -0.130. The van der Waals surface area contributed by atoms with E-state index in [1.54, 1.807) is 0 Å². The normalized spacial score (nSPS) is 18.1. The SMILES string of the molecule is NNC(Cc1ccc(I)cc1)CC1CCC1. The van der Waals surface area contributed by atoms with Crippen LogP contribution in [-0.2, 0) is 6.42 Å². The van der Waals surface area contributed by atoms with Gasteiger partial charge < -0.3 is 0 Å². The van der Waals surface area contributed by atoms with Crippen molar-refractivity contribution in [3.8, 4) is 0 Å².